The van der Waals surface area contributed by atoms with Gasteiger partial charge in [-0.3, -0.25) is 4.79 Å². The summed E-state index contributed by atoms with van der Waals surface area (Å²) in [5.74, 6) is 0.549. The molecule has 0 unspecified atom stereocenters. The molecule has 0 fully saturated rings. The second-order valence-corrected chi connectivity index (χ2v) is 8.72. The Kier molecular flexibility index (Phi) is 4.92. The average Bonchev–Trinajstić information content (AvgIpc) is 3.43. The van der Waals surface area contributed by atoms with Crippen LogP contribution in [0.2, 0.25) is 0 Å². The van der Waals surface area contributed by atoms with Gasteiger partial charge in [0.1, 0.15) is 23.0 Å². The number of benzene rings is 2. The standard InChI is InChI=1S/C27H22FN7O/c1-16-30-25(17-7-9-20(28)10-8-17)26(33(16)2)21-11-12-23-31-24(15-35(23)32-21)34-14-19-6-4-3-5-18(19)13-22(34)27(29)36/h3-13,15H,14H2,1-2H3,(H2,29,36). The van der Waals surface area contributed by atoms with Gasteiger partial charge in [0.05, 0.1) is 24.1 Å². The largest absolute Gasteiger partial charge is 0.364 e. The Labute approximate surface area is 206 Å². The Balaban J connectivity index is 1.44. The lowest BCUT2D eigenvalue weighted by Crippen LogP contribution is -2.33. The minimum Gasteiger partial charge on any atom is -0.364 e. The van der Waals surface area contributed by atoms with Crippen molar-refractivity contribution in [2.75, 3.05) is 4.90 Å². The van der Waals surface area contributed by atoms with Crippen LogP contribution in [-0.2, 0) is 18.4 Å². The Morgan fingerprint density at radius 3 is 2.58 bits per heavy atom. The fourth-order valence-corrected chi connectivity index (χ4v) is 4.55. The average molecular weight is 480 g/mol. The first-order valence-corrected chi connectivity index (χ1v) is 11.4. The van der Waals surface area contributed by atoms with E-state index in [1.54, 1.807) is 33.8 Å². The molecule has 178 valence electrons. The molecule has 3 aromatic heterocycles. The van der Waals surface area contributed by atoms with Gasteiger partial charge < -0.3 is 15.2 Å². The van der Waals surface area contributed by atoms with Crippen LogP contribution in [0.3, 0.4) is 0 Å². The van der Waals surface area contributed by atoms with Crippen molar-refractivity contribution in [1.29, 1.82) is 0 Å². The summed E-state index contributed by atoms with van der Waals surface area (Å²) in [5.41, 5.74) is 11.8. The van der Waals surface area contributed by atoms with E-state index in [1.165, 1.54) is 12.1 Å². The highest BCUT2D eigenvalue weighted by Gasteiger charge is 2.25. The number of anilines is 1. The molecular formula is C27H22FN7O. The molecule has 0 bridgehead atoms. The first-order chi connectivity index (χ1) is 17.4. The number of rotatable bonds is 4. The molecule has 4 heterocycles. The lowest BCUT2D eigenvalue weighted by Gasteiger charge is -2.28. The van der Waals surface area contributed by atoms with Gasteiger partial charge in [-0.25, -0.2) is 18.9 Å². The molecule has 0 saturated heterocycles. The van der Waals surface area contributed by atoms with Crippen LogP contribution in [0.4, 0.5) is 10.2 Å². The van der Waals surface area contributed by atoms with E-state index in [-0.39, 0.29) is 5.82 Å². The van der Waals surface area contributed by atoms with Crippen LogP contribution in [0.5, 0.6) is 0 Å². The molecule has 0 aliphatic carbocycles. The number of carbonyl (C=O) groups is 1. The third-order valence-electron chi connectivity index (χ3n) is 6.48. The molecule has 8 nitrogen and oxygen atoms in total. The summed E-state index contributed by atoms with van der Waals surface area (Å²) < 4.78 is 17.2. The molecule has 0 atom stereocenters. The first-order valence-electron chi connectivity index (χ1n) is 11.4. The Morgan fingerprint density at radius 1 is 1.03 bits per heavy atom. The van der Waals surface area contributed by atoms with E-state index in [1.807, 2.05) is 54.9 Å². The van der Waals surface area contributed by atoms with Crippen LogP contribution in [-0.4, -0.2) is 30.1 Å². The maximum atomic E-state index is 13.5. The fraction of sp³-hybridized carbons (Fsp3) is 0.111. The van der Waals surface area contributed by atoms with Crippen LogP contribution in [0, 0.1) is 12.7 Å². The van der Waals surface area contributed by atoms with Crippen molar-refractivity contribution in [3.05, 3.63) is 95.3 Å². The molecule has 0 radical (unpaired) electrons. The minimum absolute atomic E-state index is 0.303. The lowest BCUT2D eigenvalue weighted by atomic mass is 10.0. The van der Waals surface area contributed by atoms with Gasteiger partial charge in [-0.1, -0.05) is 24.3 Å². The van der Waals surface area contributed by atoms with Crippen molar-refractivity contribution in [2.45, 2.75) is 13.5 Å². The summed E-state index contributed by atoms with van der Waals surface area (Å²) in [7, 11) is 1.92. The number of amides is 1. The summed E-state index contributed by atoms with van der Waals surface area (Å²) in [6, 6.07) is 17.9. The number of imidazole rings is 2. The summed E-state index contributed by atoms with van der Waals surface area (Å²) in [6.07, 6.45) is 3.57. The summed E-state index contributed by atoms with van der Waals surface area (Å²) in [5, 5.41) is 4.81. The Bertz CT molecular complexity index is 1680. The van der Waals surface area contributed by atoms with Crippen LogP contribution in [0.15, 0.2) is 72.6 Å². The van der Waals surface area contributed by atoms with Gasteiger partial charge in [-0.15, -0.1) is 0 Å². The van der Waals surface area contributed by atoms with Crippen molar-refractivity contribution in [1.82, 2.24) is 24.1 Å². The summed E-state index contributed by atoms with van der Waals surface area (Å²) >= 11 is 0. The monoisotopic (exact) mass is 479 g/mol. The molecule has 1 amide bonds. The third-order valence-corrected chi connectivity index (χ3v) is 6.48. The van der Waals surface area contributed by atoms with Crippen molar-refractivity contribution in [2.24, 2.45) is 12.8 Å². The molecule has 6 rings (SSSR count). The molecule has 2 aromatic carbocycles. The van der Waals surface area contributed by atoms with Crippen LogP contribution in [0.25, 0.3) is 34.4 Å². The highest BCUT2D eigenvalue weighted by molar-refractivity contribution is 6.01. The van der Waals surface area contributed by atoms with Gasteiger partial charge in [0.25, 0.3) is 5.91 Å². The van der Waals surface area contributed by atoms with E-state index in [2.05, 4.69) is 0 Å². The maximum absolute atomic E-state index is 13.5. The van der Waals surface area contributed by atoms with E-state index in [0.717, 1.165) is 28.2 Å². The first kappa shape index (κ1) is 21.7. The van der Waals surface area contributed by atoms with Gasteiger partial charge in [0.15, 0.2) is 11.5 Å². The van der Waals surface area contributed by atoms with Crippen molar-refractivity contribution < 1.29 is 9.18 Å². The van der Waals surface area contributed by atoms with E-state index < -0.39 is 5.91 Å². The van der Waals surface area contributed by atoms with E-state index in [9.17, 15) is 9.18 Å². The molecule has 0 saturated carbocycles. The van der Waals surface area contributed by atoms with Crippen molar-refractivity contribution in [3.63, 3.8) is 0 Å². The number of nitrogens with two attached hydrogens (primary N) is 1. The normalized spacial score (nSPS) is 13.1. The quantitative estimate of drug-likeness (QED) is 0.419. The van der Waals surface area contributed by atoms with Crippen molar-refractivity contribution in [3.8, 4) is 22.6 Å². The van der Waals surface area contributed by atoms with Gasteiger partial charge in [0.2, 0.25) is 0 Å². The van der Waals surface area contributed by atoms with E-state index in [4.69, 9.17) is 20.8 Å². The minimum atomic E-state index is -0.524. The van der Waals surface area contributed by atoms with E-state index >= 15 is 0 Å². The predicted octanol–water partition coefficient (Wildman–Crippen LogP) is 4.09. The third kappa shape index (κ3) is 3.52. The number of nitrogens with zero attached hydrogens (tertiary/aromatic N) is 6. The molecule has 9 heteroatoms. The highest BCUT2D eigenvalue weighted by Crippen LogP contribution is 2.33. The number of carbonyl (C=O) groups excluding carboxylic acids is 1. The molecule has 0 spiro atoms. The molecular weight excluding hydrogens is 457 g/mol. The number of aryl methyl sites for hydroxylation is 1. The van der Waals surface area contributed by atoms with Crippen LogP contribution >= 0.6 is 0 Å². The zero-order valence-electron chi connectivity index (χ0n) is 19.7. The lowest BCUT2D eigenvalue weighted by molar-refractivity contribution is -0.114. The number of primary amides is 1. The number of hydrogen-bond donors (Lipinski definition) is 1. The zero-order chi connectivity index (χ0) is 25.0. The molecule has 5 aromatic rings. The molecule has 1 aliphatic rings. The number of halogens is 1. The van der Waals surface area contributed by atoms with Gasteiger partial charge in [-0.2, -0.15) is 5.10 Å². The Hall–Kier alpha value is -4.79. The van der Waals surface area contributed by atoms with Crippen LogP contribution in [0.1, 0.15) is 17.0 Å². The topological polar surface area (TPSA) is 94.3 Å². The zero-order valence-corrected chi connectivity index (χ0v) is 19.7. The summed E-state index contributed by atoms with van der Waals surface area (Å²) in [4.78, 5) is 23.5. The van der Waals surface area contributed by atoms with Crippen molar-refractivity contribution >= 4 is 23.4 Å². The second kappa shape index (κ2) is 8.16. The molecule has 36 heavy (non-hydrogen) atoms. The smallest absolute Gasteiger partial charge is 0.265 e. The maximum Gasteiger partial charge on any atom is 0.265 e. The SMILES string of the molecule is Cc1nc(-c2ccc(F)cc2)c(-c2ccc3nc(N4Cc5ccccc5C=C4C(N)=O)cn3n2)n1C. The predicted molar refractivity (Wildman–Crippen MR) is 135 cm³/mol. The number of fused-ring (bicyclic) bond motifs is 2. The summed E-state index contributed by atoms with van der Waals surface area (Å²) in [6.45, 7) is 2.38. The Morgan fingerprint density at radius 2 is 1.81 bits per heavy atom. The van der Waals surface area contributed by atoms with Gasteiger partial charge >= 0.3 is 0 Å². The fourth-order valence-electron chi connectivity index (χ4n) is 4.55. The van der Waals surface area contributed by atoms with Gasteiger partial charge in [-0.05, 0) is 60.5 Å². The van der Waals surface area contributed by atoms with Gasteiger partial charge in [0, 0.05) is 12.6 Å². The molecule has 2 N–H and O–H groups in total. The molecule has 1 aliphatic heterocycles. The second-order valence-electron chi connectivity index (χ2n) is 8.72. The van der Waals surface area contributed by atoms with E-state index in [0.29, 0.717) is 35.1 Å². The number of hydrogen-bond acceptors (Lipinski definition) is 5. The van der Waals surface area contributed by atoms with Crippen LogP contribution < -0.4 is 10.6 Å². The highest BCUT2D eigenvalue weighted by atomic mass is 19.1. The number of aromatic nitrogens is 5.